The van der Waals surface area contributed by atoms with Crippen LogP contribution in [-0.2, 0) is 14.3 Å². The molecule has 0 aromatic carbocycles. The number of rotatable bonds is 4. The van der Waals surface area contributed by atoms with Crippen molar-refractivity contribution in [3.05, 3.63) is 30.1 Å². The Hall–Kier alpha value is -2.04. The Bertz CT molecular complexity index is 413. The van der Waals surface area contributed by atoms with Crippen molar-refractivity contribution >= 4 is 17.5 Å². The summed E-state index contributed by atoms with van der Waals surface area (Å²) in [6.07, 6.45) is 1.50. The summed E-state index contributed by atoms with van der Waals surface area (Å²) in [6, 6.07) is 2.92. The van der Waals surface area contributed by atoms with E-state index >= 15 is 0 Å². The van der Waals surface area contributed by atoms with Gasteiger partial charge in [0.05, 0.1) is 0 Å². The van der Waals surface area contributed by atoms with E-state index in [2.05, 4.69) is 9.72 Å². The number of aromatic nitrogens is 1. The SMILES string of the molecule is CC(=O)OC(C(C)=O)C(=O)c1ccncc1. The highest BCUT2D eigenvalue weighted by Crippen LogP contribution is 2.06. The van der Waals surface area contributed by atoms with Gasteiger partial charge < -0.3 is 4.74 Å². The van der Waals surface area contributed by atoms with Crippen molar-refractivity contribution in [1.29, 1.82) is 0 Å². The molecule has 1 aromatic rings. The maximum Gasteiger partial charge on any atom is 0.303 e. The Morgan fingerprint density at radius 1 is 1.19 bits per heavy atom. The van der Waals surface area contributed by atoms with E-state index in [9.17, 15) is 14.4 Å². The van der Waals surface area contributed by atoms with Gasteiger partial charge in [0, 0.05) is 24.9 Å². The summed E-state index contributed by atoms with van der Waals surface area (Å²) in [5, 5.41) is 0. The lowest BCUT2D eigenvalue weighted by molar-refractivity contribution is -0.149. The van der Waals surface area contributed by atoms with E-state index in [0.29, 0.717) is 0 Å². The number of Topliss-reactive ketones (excluding diaryl/α,β-unsaturated/α-hetero) is 2. The molecule has 84 valence electrons. The molecule has 16 heavy (non-hydrogen) atoms. The van der Waals surface area contributed by atoms with Gasteiger partial charge in [-0.1, -0.05) is 0 Å². The molecule has 0 aliphatic heterocycles. The number of esters is 1. The van der Waals surface area contributed by atoms with Gasteiger partial charge in [0.2, 0.25) is 11.9 Å². The lowest BCUT2D eigenvalue weighted by Gasteiger charge is -2.12. The number of nitrogens with zero attached hydrogens (tertiary/aromatic N) is 1. The topological polar surface area (TPSA) is 73.3 Å². The Kier molecular flexibility index (Phi) is 3.88. The summed E-state index contributed by atoms with van der Waals surface area (Å²) in [7, 11) is 0. The van der Waals surface area contributed by atoms with Gasteiger partial charge in [-0.3, -0.25) is 19.4 Å². The standard InChI is InChI=1S/C11H11NO4/c1-7(13)11(16-8(2)14)10(15)9-3-5-12-6-4-9/h3-6,11H,1-2H3. The molecule has 0 aliphatic carbocycles. The second-order valence-electron chi connectivity index (χ2n) is 3.20. The molecule has 0 radical (unpaired) electrons. The second-order valence-corrected chi connectivity index (χ2v) is 3.20. The smallest absolute Gasteiger partial charge is 0.303 e. The van der Waals surface area contributed by atoms with Crippen molar-refractivity contribution in [2.45, 2.75) is 20.0 Å². The molecule has 1 aromatic heterocycles. The minimum absolute atomic E-state index is 0.288. The van der Waals surface area contributed by atoms with Crippen LogP contribution < -0.4 is 0 Å². The molecule has 0 bridgehead atoms. The largest absolute Gasteiger partial charge is 0.446 e. The van der Waals surface area contributed by atoms with Crippen LogP contribution in [0.25, 0.3) is 0 Å². The first-order valence-electron chi connectivity index (χ1n) is 4.64. The predicted molar refractivity (Wildman–Crippen MR) is 54.8 cm³/mol. The quantitative estimate of drug-likeness (QED) is 0.427. The third kappa shape index (κ3) is 2.98. The molecule has 1 rings (SSSR count). The third-order valence-electron chi connectivity index (χ3n) is 1.86. The molecule has 1 unspecified atom stereocenters. The number of hydrogen-bond acceptors (Lipinski definition) is 5. The van der Waals surface area contributed by atoms with Gasteiger partial charge in [-0.05, 0) is 19.1 Å². The van der Waals surface area contributed by atoms with Gasteiger partial charge in [-0.2, -0.15) is 0 Å². The van der Waals surface area contributed by atoms with Crippen molar-refractivity contribution < 1.29 is 19.1 Å². The van der Waals surface area contributed by atoms with Crippen LogP contribution in [0, 0.1) is 0 Å². The summed E-state index contributed by atoms with van der Waals surface area (Å²) < 4.78 is 4.67. The Morgan fingerprint density at radius 2 is 1.75 bits per heavy atom. The van der Waals surface area contributed by atoms with Crippen molar-refractivity contribution in [1.82, 2.24) is 4.98 Å². The molecule has 0 amide bonds. The average molecular weight is 221 g/mol. The van der Waals surface area contributed by atoms with Gasteiger partial charge in [0.1, 0.15) is 0 Å². The number of pyridine rings is 1. The molecule has 0 saturated heterocycles. The van der Waals surface area contributed by atoms with E-state index in [1.165, 1.54) is 31.5 Å². The minimum Gasteiger partial charge on any atom is -0.446 e. The van der Waals surface area contributed by atoms with Crippen molar-refractivity contribution in [3.8, 4) is 0 Å². The van der Waals surface area contributed by atoms with Crippen LogP contribution in [0.2, 0.25) is 0 Å². The van der Waals surface area contributed by atoms with E-state index in [1.807, 2.05) is 0 Å². The van der Waals surface area contributed by atoms with Gasteiger partial charge in [-0.25, -0.2) is 0 Å². The fourth-order valence-corrected chi connectivity index (χ4v) is 1.15. The van der Waals surface area contributed by atoms with Crippen LogP contribution in [0.15, 0.2) is 24.5 Å². The van der Waals surface area contributed by atoms with Crippen LogP contribution >= 0.6 is 0 Å². The van der Waals surface area contributed by atoms with Crippen molar-refractivity contribution in [2.24, 2.45) is 0 Å². The fraction of sp³-hybridized carbons (Fsp3) is 0.273. The lowest BCUT2D eigenvalue weighted by atomic mass is 10.1. The van der Waals surface area contributed by atoms with Crippen LogP contribution in [0.5, 0.6) is 0 Å². The molecular formula is C11H11NO4. The number of carbonyl (C=O) groups is 3. The summed E-state index contributed by atoms with van der Waals surface area (Å²) in [5.74, 6) is -1.70. The monoisotopic (exact) mass is 221 g/mol. The normalized spacial score (nSPS) is 11.6. The van der Waals surface area contributed by atoms with Crippen LogP contribution in [0.1, 0.15) is 24.2 Å². The fourth-order valence-electron chi connectivity index (χ4n) is 1.15. The maximum absolute atomic E-state index is 11.8. The van der Waals surface area contributed by atoms with Crippen LogP contribution in [0.3, 0.4) is 0 Å². The lowest BCUT2D eigenvalue weighted by Crippen LogP contribution is -2.33. The summed E-state index contributed by atoms with van der Waals surface area (Å²) in [6.45, 7) is 2.35. The van der Waals surface area contributed by atoms with Crippen molar-refractivity contribution in [3.63, 3.8) is 0 Å². The summed E-state index contributed by atoms with van der Waals surface area (Å²) >= 11 is 0. The van der Waals surface area contributed by atoms with Gasteiger partial charge >= 0.3 is 5.97 Å². The zero-order valence-electron chi connectivity index (χ0n) is 8.97. The molecule has 0 fully saturated rings. The molecule has 5 heteroatoms. The Morgan fingerprint density at radius 3 is 2.19 bits per heavy atom. The van der Waals surface area contributed by atoms with Crippen LogP contribution in [0.4, 0.5) is 0 Å². The van der Waals surface area contributed by atoms with E-state index < -0.39 is 23.6 Å². The Balaban J connectivity index is 2.92. The molecule has 0 aliphatic rings. The van der Waals surface area contributed by atoms with E-state index in [4.69, 9.17) is 0 Å². The molecule has 0 spiro atoms. The number of ketones is 2. The number of hydrogen-bond donors (Lipinski definition) is 0. The zero-order valence-corrected chi connectivity index (χ0v) is 8.97. The summed E-state index contributed by atoms with van der Waals surface area (Å²) in [5.41, 5.74) is 0.288. The first-order valence-corrected chi connectivity index (χ1v) is 4.64. The molecule has 1 heterocycles. The average Bonchev–Trinajstić information content (AvgIpc) is 2.25. The molecular weight excluding hydrogens is 210 g/mol. The van der Waals surface area contributed by atoms with E-state index in [0.717, 1.165) is 6.92 Å². The van der Waals surface area contributed by atoms with Gasteiger partial charge in [-0.15, -0.1) is 0 Å². The molecule has 0 N–H and O–H groups in total. The molecule has 5 nitrogen and oxygen atoms in total. The summed E-state index contributed by atoms with van der Waals surface area (Å²) in [4.78, 5) is 37.5. The highest BCUT2D eigenvalue weighted by atomic mass is 16.5. The van der Waals surface area contributed by atoms with Crippen molar-refractivity contribution in [2.75, 3.05) is 0 Å². The molecule has 0 saturated carbocycles. The Labute approximate surface area is 92.4 Å². The number of carbonyl (C=O) groups excluding carboxylic acids is 3. The maximum atomic E-state index is 11.8. The second kappa shape index (κ2) is 5.16. The zero-order chi connectivity index (χ0) is 12.1. The first kappa shape index (κ1) is 12.0. The predicted octanol–water partition coefficient (Wildman–Crippen LogP) is 0.785. The van der Waals surface area contributed by atoms with E-state index in [1.54, 1.807) is 0 Å². The highest BCUT2D eigenvalue weighted by Gasteiger charge is 2.27. The molecule has 1 atom stereocenters. The van der Waals surface area contributed by atoms with E-state index in [-0.39, 0.29) is 5.56 Å². The minimum atomic E-state index is -1.36. The highest BCUT2D eigenvalue weighted by molar-refractivity contribution is 6.13. The number of ether oxygens (including phenoxy) is 1. The third-order valence-corrected chi connectivity index (χ3v) is 1.86. The van der Waals surface area contributed by atoms with Gasteiger partial charge in [0.15, 0.2) is 5.78 Å². The van der Waals surface area contributed by atoms with Gasteiger partial charge in [0.25, 0.3) is 0 Å². The first-order chi connectivity index (χ1) is 7.52. The van der Waals surface area contributed by atoms with Crippen LogP contribution in [-0.4, -0.2) is 28.6 Å².